The van der Waals surface area contributed by atoms with Gasteiger partial charge in [0.25, 0.3) is 0 Å². The molecule has 0 aromatic heterocycles. The Kier molecular flexibility index (Phi) is 5.28. The van der Waals surface area contributed by atoms with Gasteiger partial charge in [0.2, 0.25) is 10.0 Å². The van der Waals surface area contributed by atoms with E-state index in [1.807, 2.05) is 6.07 Å². The highest BCUT2D eigenvalue weighted by Gasteiger charge is 2.28. The molecule has 0 aliphatic heterocycles. The van der Waals surface area contributed by atoms with Gasteiger partial charge in [0, 0.05) is 4.47 Å². The van der Waals surface area contributed by atoms with Gasteiger partial charge in [0.15, 0.2) is 0 Å². The molecule has 0 aliphatic carbocycles. The van der Waals surface area contributed by atoms with Crippen molar-refractivity contribution in [2.75, 3.05) is 0 Å². The second kappa shape index (κ2) is 6.35. The Morgan fingerprint density at radius 1 is 1.45 bits per heavy atom. The fourth-order valence-corrected chi connectivity index (χ4v) is 3.44. The molecule has 0 amide bonds. The van der Waals surface area contributed by atoms with E-state index in [1.165, 1.54) is 18.2 Å². The summed E-state index contributed by atoms with van der Waals surface area (Å²) in [6, 6.07) is 4.55. The highest BCUT2D eigenvalue weighted by molar-refractivity contribution is 9.10. The number of nitriles is 1. The first kappa shape index (κ1) is 16.6. The molecule has 108 valence electrons. The Morgan fingerprint density at radius 3 is 2.45 bits per heavy atom. The van der Waals surface area contributed by atoms with Crippen LogP contribution in [0.1, 0.15) is 19.4 Å². The van der Waals surface area contributed by atoms with E-state index < -0.39 is 28.0 Å². The minimum atomic E-state index is -3.97. The highest BCUT2D eigenvalue weighted by Crippen LogP contribution is 2.21. The first-order valence-electron chi connectivity index (χ1n) is 5.64. The van der Waals surface area contributed by atoms with Gasteiger partial charge in [-0.3, -0.25) is 4.79 Å². The number of rotatable bonds is 5. The first-order valence-corrected chi connectivity index (χ1v) is 7.91. The fourth-order valence-electron chi connectivity index (χ4n) is 1.46. The molecule has 0 saturated carbocycles. The topological polar surface area (TPSA) is 107 Å². The van der Waals surface area contributed by atoms with E-state index in [0.717, 1.165) is 0 Å². The monoisotopic (exact) mass is 360 g/mol. The van der Waals surface area contributed by atoms with Crippen molar-refractivity contribution in [2.24, 2.45) is 5.92 Å². The molecular formula is C12H13BrN2O4S. The average Bonchev–Trinajstić information content (AvgIpc) is 2.35. The summed E-state index contributed by atoms with van der Waals surface area (Å²) in [7, 11) is -3.97. The third-order valence-corrected chi connectivity index (χ3v) is 4.68. The van der Waals surface area contributed by atoms with Gasteiger partial charge in [-0.25, -0.2) is 8.42 Å². The lowest BCUT2D eigenvalue weighted by atomic mass is 10.1. The van der Waals surface area contributed by atoms with E-state index in [9.17, 15) is 13.2 Å². The molecule has 1 aromatic rings. The first-order chi connectivity index (χ1) is 9.19. The van der Waals surface area contributed by atoms with E-state index >= 15 is 0 Å². The average molecular weight is 361 g/mol. The van der Waals surface area contributed by atoms with Crippen LogP contribution < -0.4 is 4.72 Å². The summed E-state index contributed by atoms with van der Waals surface area (Å²) >= 11 is 3.09. The zero-order chi connectivity index (χ0) is 15.5. The Hall–Kier alpha value is -1.43. The van der Waals surface area contributed by atoms with E-state index in [0.29, 0.717) is 10.0 Å². The summed E-state index contributed by atoms with van der Waals surface area (Å²) in [6.07, 6.45) is 0. The summed E-state index contributed by atoms with van der Waals surface area (Å²) in [5, 5.41) is 17.8. The summed E-state index contributed by atoms with van der Waals surface area (Å²) in [5.74, 6) is -1.64. The molecule has 0 heterocycles. The number of aliphatic carboxylic acids is 1. The number of nitrogens with zero attached hydrogens (tertiary/aromatic N) is 1. The molecule has 8 heteroatoms. The smallest absolute Gasteiger partial charge is 0.322 e. The maximum atomic E-state index is 12.1. The molecule has 0 spiro atoms. The molecule has 0 aliphatic rings. The number of sulfonamides is 1. The normalized spacial score (nSPS) is 12.9. The van der Waals surface area contributed by atoms with Gasteiger partial charge in [0.05, 0.1) is 10.5 Å². The van der Waals surface area contributed by atoms with Gasteiger partial charge in [0.1, 0.15) is 12.1 Å². The molecule has 0 unspecified atom stereocenters. The number of hydrogen-bond donors (Lipinski definition) is 2. The molecule has 0 saturated heterocycles. The Labute approximate surface area is 125 Å². The molecule has 20 heavy (non-hydrogen) atoms. The Morgan fingerprint density at radius 2 is 2.05 bits per heavy atom. The Bertz CT molecular complexity index is 665. The van der Waals surface area contributed by atoms with Crippen molar-refractivity contribution >= 4 is 31.9 Å². The van der Waals surface area contributed by atoms with E-state index in [4.69, 9.17) is 10.4 Å². The van der Waals surface area contributed by atoms with Crippen LogP contribution in [0.25, 0.3) is 0 Å². The lowest BCUT2D eigenvalue weighted by Crippen LogP contribution is -2.44. The summed E-state index contributed by atoms with van der Waals surface area (Å²) < 4.78 is 26.7. The number of nitrogens with one attached hydrogen (secondary N) is 1. The predicted octanol–water partition coefficient (Wildman–Crippen LogP) is 1.71. The van der Waals surface area contributed by atoms with Crippen LogP contribution in [-0.2, 0) is 14.8 Å². The van der Waals surface area contributed by atoms with Crippen LogP contribution in [-0.4, -0.2) is 25.5 Å². The molecule has 0 fully saturated rings. The predicted molar refractivity (Wildman–Crippen MR) is 75.4 cm³/mol. The van der Waals surface area contributed by atoms with Gasteiger partial charge in [-0.05, 0) is 40.0 Å². The molecule has 0 bridgehead atoms. The van der Waals surface area contributed by atoms with Gasteiger partial charge >= 0.3 is 5.97 Å². The maximum Gasteiger partial charge on any atom is 0.322 e. The van der Waals surface area contributed by atoms with Gasteiger partial charge in [-0.1, -0.05) is 13.8 Å². The zero-order valence-electron chi connectivity index (χ0n) is 10.8. The number of benzene rings is 1. The lowest BCUT2D eigenvalue weighted by Gasteiger charge is -2.18. The van der Waals surface area contributed by atoms with Crippen molar-refractivity contribution in [2.45, 2.75) is 24.8 Å². The molecule has 1 rings (SSSR count). The van der Waals surface area contributed by atoms with Crippen LogP contribution in [0.2, 0.25) is 0 Å². The minimum Gasteiger partial charge on any atom is -0.480 e. The molecule has 1 atom stereocenters. The number of carboxylic acids is 1. The zero-order valence-corrected chi connectivity index (χ0v) is 13.2. The summed E-state index contributed by atoms with van der Waals surface area (Å²) in [4.78, 5) is 10.9. The SMILES string of the molecule is CC(C)[C@H](NS(=O)(=O)c1ccc(C#N)c(Br)c1)C(=O)O. The third-order valence-electron chi connectivity index (χ3n) is 2.59. The highest BCUT2D eigenvalue weighted by atomic mass is 79.9. The third kappa shape index (κ3) is 3.79. The van der Waals surface area contributed by atoms with Crippen molar-refractivity contribution < 1.29 is 18.3 Å². The number of carbonyl (C=O) groups is 1. The van der Waals surface area contributed by atoms with Crippen LogP contribution in [0.3, 0.4) is 0 Å². The summed E-state index contributed by atoms with van der Waals surface area (Å²) in [5.41, 5.74) is 0.294. The standard InChI is InChI=1S/C12H13BrN2O4S/c1-7(2)11(12(16)17)15-20(18,19)9-4-3-8(6-14)10(13)5-9/h3-5,7,11,15H,1-2H3,(H,16,17)/t11-/m0/s1. The van der Waals surface area contributed by atoms with Crippen LogP contribution in [0, 0.1) is 17.2 Å². The van der Waals surface area contributed by atoms with Crippen molar-refractivity contribution in [1.29, 1.82) is 5.26 Å². The second-order valence-electron chi connectivity index (χ2n) is 4.43. The van der Waals surface area contributed by atoms with E-state index in [2.05, 4.69) is 20.7 Å². The van der Waals surface area contributed by atoms with Crippen molar-refractivity contribution in [3.63, 3.8) is 0 Å². The Balaban J connectivity index is 3.15. The second-order valence-corrected chi connectivity index (χ2v) is 7.00. The van der Waals surface area contributed by atoms with Crippen molar-refractivity contribution in [1.82, 2.24) is 4.72 Å². The molecule has 2 N–H and O–H groups in total. The quantitative estimate of drug-likeness (QED) is 0.830. The molecular weight excluding hydrogens is 348 g/mol. The van der Waals surface area contributed by atoms with Gasteiger partial charge in [-0.2, -0.15) is 9.98 Å². The maximum absolute atomic E-state index is 12.1. The number of carboxylic acid groups (broad SMARTS) is 1. The van der Waals surface area contributed by atoms with Crippen LogP contribution in [0.5, 0.6) is 0 Å². The number of hydrogen-bond acceptors (Lipinski definition) is 4. The van der Waals surface area contributed by atoms with Crippen molar-refractivity contribution in [3.05, 3.63) is 28.2 Å². The van der Waals surface area contributed by atoms with Crippen LogP contribution in [0.15, 0.2) is 27.6 Å². The van der Waals surface area contributed by atoms with Crippen molar-refractivity contribution in [3.8, 4) is 6.07 Å². The number of halogens is 1. The molecule has 1 aromatic carbocycles. The molecule has 6 nitrogen and oxygen atoms in total. The van der Waals surface area contributed by atoms with E-state index in [1.54, 1.807) is 13.8 Å². The lowest BCUT2D eigenvalue weighted by molar-refractivity contribution is -0.140. The van der Waals surface area contributed by atoms with Crippen LogP contribution in [0.4, 0.5) is 0 Å². The van der Waals surface area contributed by atoms with Crippen LogP contribution >= 0.6 is 15.9 Å². The van der Waals surface area contributed by atoms with Gasteiger partial charge in [-0.15, -0.1) is 0 Å². The largest absolute Gasteiger partial charge is 0.480 e. The van der Waals surface area contributed by atoms with E-state index in [-0.39, 0.29) is 4.90 Å². The summed E-state index contributed by atoms with van der Waals surface area (Å²) in [6.45, 7) is 3.21. The fraction of sp³-hybridized carbons (Fsp3) is 0.333. The molecule has 0 radical (unpaired) electrons. The van der Waals surface area contributed by atoms with Gasteiger partial charge < -0.3 is 5.11 Å². The minimum absolute atomic E-state index is 0.102.